The highest BCUT2D eigenvalue weighted by Gasteiger charge is 2.37. The van der Waals surface area contributed by atoms with Crippen LogP contribution in [0.5, 0.6) is 5.75 Å². The van der Waals surface area contributed by atoms with Crippen molar-refractivity contribution in [1.82, 2.24) is 9.29 Å². The van der Waals surface area contributed by atoms with Crippen LogP contribution in [0.15, 0.2) is 45.9 Å². The highest BCUT2D eigenvalue weighted by Crippen LogP contribution is 2.34. The topological polar surface area (TPSA) is 100 Å². The second-order valence-corrected chi connectivity index (χ2v) is 8.49. The first-order chi connectivity index (χ1) is 12.3. The molecule has 10 heteroatoms. The number of aromatic nitrogens is 1. The number of rotatable bonds is 5. The van der Waals surface area contributed by atoms with E-state index in [4.69, 9.17) is 9.84 Å². The molecule has 0 saturated carbocycles. The molecule has 0 unspecified atom stereocenters. The van der Waals surface area contributed by atoms with Crippen LogP contribution in [-0.2, 0) is 21.4 Å². The van der Waals surface area contributed by atoms with Gasteiger partial charge in [0, 0.05) is 17.2 Å². The molecular formula is C16H16BrN3O5S. The first kappa shape index (κ1) is 18.6. The molecule has 138 valence electrons. The molecule has 0 aliphatic carbocycles. The number of nitrogens with zero attached hydrogens (tertiary/aromatic N) is 3. The zero-order valence-electron chi connectivity index (χ0n) is 13.8. The number of sulfonamides is 1. The van der Waals surface area contributed by atoms with Gasteiger partial charge in [-0.2, -0.15) is 4.31 Å². The Labute approximate surface area is 159 Å². The van der Waals surface area contributed by atoms with Gasteiger partial charge in [-0.25, -0.2) is 13.4 Å². The summed E-state index contributed by atoms with van der Waals surface area (Å²) in [4.78, 5) is 16.7. The highest BCUT2D eigenvalue weighted by atomic mass is 79.9. The van der Waals surface area contributed by atoms with E-state index in [1.54, 1.807) is 31.4 Å². The molecule has 3 rings (SSSR count). The van der Waals surface area contributed by atoms with Gasteiger partial charge in [0.2, 0.25) is 10.0 Å². The van der Waals surface area contributed by atoms with E-state index in [1.165, 1.54) is 21.5 Å². The predicted molar refractivity (Wildman–Crippen MR) is 97.5 cm³/mol. The summed E-state index contributed by atoms with van der Waals surface area (Å²) in [6.07, 6.45) is 1.45. The first-order valence-electron chi connectivity index (χ1n) is 7.56. The van der Waals surface area contributed by atoms with Crippen molar-refractivity contribution in [2.75, 3.05) is 25.2 Å². The van der Waals surface area contributed by atoms with Crippen LogP contribution in [0.1, 0.15) is 5.56 Å². The lowest BCUT2D eigenvalue weighted by Crippen LogP contribution is -2.48. The smallest absolute Gasteiger partial charge is 0.323 e. The molecule has 1 aromatic heterocycles. The molecular weight excluding hydrogens is 426 g/mol. The number of pyridine rings is 1. The quantitative estimate of drug-likeness (QED) is 0.755. The van der Waals surface area contributed by atoms with Gasteiger partial charge in [-0.05, 0) is 39.7 Å². The van der Waals surface area contributed by atoms with E-state index in [0.29, 0.717) is 10.2 Å². The Morgan fingerprint density at radius 1 is 1.35 bits per heavy atom. The maximum Gasteiger partial charge on any atom is 0.323 e. The predicted octanol–water partition coefficient (Wildman–Crippen LogP) is 1.91. The molecule has 8 nitrogen and oxygen atoms in total. The van der Waals surface area contributed by atoms with E-state index in [2.05, 4.69) is 20.9 Å². The maximum atomic E-state index is 13.0. The number of carboxylic acid groups (broad SMARTS) is 1. The molecule has 0 fully saturated rings. The Balaban J connectivity index is 1.98. The lowest BCUT2D eigenvalue weighted by Gasteiger charge is -2.35. The molecule has 2 heterocycles. The molecule has 1 aliphatic rings. The number of halogens is 1. The SMILES string of the molecule is COc1ccc(CN2CN(CC(=O)O)c3ncc(Br)cc3S2(=O)=O)cc1. The number of hydrogen-bond donors (Lipinski definition) is 1. The van der Waals surface area contributed by atoms with E-state index in [-0.39, 0.29) is 30.5 Å². The fraction of sp³-hybridized carbons (Fsp3) is 0.250. The molecule has 0 spiro atoms. The Morgan fingerprint density at radius 2 is 2.04 bits per heavy atom. The summed E-state index contributed by atoms with van der Waals surface area (Å²) in [5.74, 6) is -0.257. The summed E-state index contributed by atoms with van der Waals surface area (Å²) in [6, 6.07) is 8.46. The van der Waals surface area contributed by atoms with Gasteiger partial charge in [-0.1, -0.05) is 12.1 Å². The number of ether oxygens (including phenoxy) is 1. The third-order valence-electron chi connectivity index (χ3n) is 3.89. The average molecular weight is 442 g/mol. The Morgan fingerprint density at radius 3 is 2.65 bits per heavy atom. The van der Waals surface area contributed by atoms with E-state index >= 15 is 0 Å². The second-order valence-electron chi connectivity index (χ2n) is 5.67. The van der Waals surface area contributed by atoms with E-state index in [9.17, 15) is 13.2 Å². The van der Waals surface area contributed by atoms with Gasteiger partial charge in [-0.3, -0.25) is 4.79 Å². The van der Waals surface area contributed by atoms with Crippen molar-refractivity contribution in [3.05, 3.63) is 46.6 Å². The highest BCUT2D eigenvalue weighted by molar-refractivity contribution is 9.10. The van der Waals surface area contributed by atoms with Crippen LogP contribution < -0.4 is 9.64 Å². The number of anilines is 1. The number of aliphatic carboxylic acids is 1. The minimum Gasteiger partial charge on any atom is -0.497 e. The molecule has 0 saturated heterocycles. The van der Waals surface area contributed by atoms with Crippen molar-refractivity contribution in [3.8, 4) is 5.75 Å². The van der Waals surface area contributed by atoms with E-state index in [0.717, 1.165) is 5.56 Å². The average Bonchev–Trinajstić information content (AvgIpc) is 2.59. The van der Waals surface area contributed by atoms with E-state index < -0.39 is 16.0 Å². The summed E-state index contributed by atoms with van der Waals surface area (Å²) >= 11 is 3.22. The van der Waals surface area contributed by atoms with Gasteiger partial charge in [0.1, 0.15) is 23.0 Å². The van der Waals surface area contributed by atoms with Crippen LogP contribution in [0.3, 0.4) is 0 Å². The number of fused-ring (bicyclic) bond motifs is 1. The fourth-order valence-electron chi connectivity index (χ4n) is 2.67. The lowest BCUT2D eigenvalue weighted by atomic mass is 10.2. The Bertz CT molecular complexity index is 933. The van der Waals surface area contributed by atoms with Crippen molar-refractivity contribution >= 4 is 37.7 Å². The zero-order chi connectivity index (χ0) is 18.9. The Hall–Kier alpha value is -2.17. The van der Waals surface area contributed by atoms with Crippen LogP contribution in [-0.4, -0.2) is 49.1 Å². The van der Waals surface area contributed by atoms with Crippen LogP contribution in [0.2, 0.25) is 0 Å². The summed E-state index contributed by atoms with van der Waals surface area (Å²) in [5.41, 5.74) is 0.760. The minimum atomic E-state index is -3.81. The van der Waals surface area contributed by atoms with Crippen molar-refractivity contribution in [1.29, 1.82) is 0 Å². The molecule has 1 aromatic carbocycles. The van der Waals surface area contributed by atoms with Gasteiger partial charge < -0.3 is 14.7 Å². The van der Waals surface area contributed by atoms with Gasteiger partial charge >= 0.3 is 5.97 Å². The summed E-state index contributed by atoms with van der Waals surface area (Å²) in [5, 5.41) is 9.15. The standard InChI is InChI=1S/C16H16BrN3O5S/c1-25-13-4-2-11(3-5-13)8-20-10-19(9-15(21)22)16-14(26(20,23)24)6-12(17)7-18-16/h2-7H,8-10H2,1H3,(H,21,22). The minimum absolute atomic E-state index is 0.0205. The van der Waals surface area contributed by atoms with Crippen LogP contribution in [0, 0.1) is 0 Å². The number of benzene rings is 1. The van der Waals surface area contributed by atoms with Gasteiger partial charge in [0.05, 0.1) is 13.8 Å². The molecule has 26 heavy (non-hydrogen) atoms. The summed E-state index contributed by atoms with van der Waals surface area (Å²) in [6.45, 7) is -0.340. The van der Waals surface area contributed by atoms with Gasteiger partial charge in [0.15, 0.2) is 0 Å². The van der Waals surface area contributed by atoms with Crippen molar-refractivity contribution < 1.29 is 23.1 Å². The number of carboxylic acids is 1. The lowest BCUT2D eigenvalue weighted by molar-refractivity contribution is -0.135. The molecule has 2 aromatic rings. The van der Waals surface area contributed by atoms with E-state index in [1.807, 2.05) is 0 Å². The third kappa shape index (κ3) is 3.67. The molecule has 1 aliphatic heterocycles. The van der Waals surface area contributed by atoms with Crippen LogP contribution in [0.4, 0.5) is 5.82 Å². The van der Waals surface area contributed by atoms with Crippen molar-refractivity contribution in [3.63, 3.8) is 0 Å². The second kappa shape index (κ2) is 7.22. The largest absolute Gasteiger partial charge is 0.497 e. The van der Waals surface area contributed by atoms with Crippen molar-refractivity contribution in [2.45, 2.75) is 11.4 Å². The monoisotopic (exact) mass is 441 g/mol. The molecule has 0 radical (unpaired) electrons. The molecule has 0 amide bonds. The molecule has 0 bridgehead atoms. The third-order valence-corrected chi connectivity index (χ3v) is 6.10. The van der Waals surface area contributed by atoms with Crippen LogP contribution >= 0.6 is 15.9 Å². The number of carbonyl (C=O) groups is 1. The number of methoxy groups -OCH3 is 1. The normalized spacial score (nSPS) is 16.2. The maximum absolute atomic E-state index is 13.0. The summed E-state index contributed by atoms with van der Waals surface area (Å²) < 4.78 is 32.8. The number of hydrogen-bond acceptors (Lipinski definition) is 6. The van der Waals surface area contributed by atoms with Gasteiger partial charge in [0.25, 0.3) is 0 Å². The van der Waals surface area contributed by atoms with Crippen LogP contribution in [0.25, 0.3) is 0 Å². The van der Waals surface area contributed by atoms with Crippen molar-refractivity contribution in [2.24, 2.45) is 0 Å². The first-order valence-corrected chi connectivity index (χ1v) is 9.80. The molecule has 1 N–H and O–H groups in total. The zero-order valence-corrected chi connectivity index (χ0v) is 16.2. The fourth-order valence-corrected chi connectivity index (χ4v) is 4.73. The molecule has 0 atom stereocenters. The van der Waals surface area contributed by atoms with Gasteiger partial charge in [-0.15, -0.1) is 0 Å². The Kier molecular flexibility index (Phi) is 5.17. The summed E-state index contributed by atoms with van der Waals surface area (Å²) in [7, 11) is -2.26.